The van der Waals surface area contributed by atoms with Gasteiger partial charge in [-0.15, -0.1) is 5.10 Å². The minimum absolute atomic E-state index is 0.141. The molecule has 0 bridgehead atoms. The van der Waals surface area contributed by atoms with Crippen LogP contribution >= 0.6 is 0 Å². The maximum atomic E-state index is 12.4. The van der Waals surface area contributed by atoms with Crippen LogP contribution < -0.4 is 0 Å². The summed E-state index contributed by atoms with van der Waals surface area (Å²) in [6.45, 7) is 3.45. The van der Waals surface area contributed by atoms with E-state index in [4.69, 9.17) is 0 Å². The summed E-state index contributed by atoms with van der Waals surface area (Å²) in [5.74, 6) is 0.141. The molecule has 2 heterocycles. The average molecular weight is 285 g/mol. The normalized spacial score (nSPS) is 16.1. The zero-order valence-electron chi connectivity index (χ0n) is 12.1. The molecule has 0 aliphatic carbocycles. The molecule has 2 aromatic rings. The van der Waals surface area contributed by atoms with E-state index in [1.165, 1.54) is 0 Å². The van der Waals surface area contributed by atoms with Crippen LogP contribution in [0.2, 0.25) is 0 Å². The van der Waals surface area contributed by atoms with Crippen LogP contribution in [0.1, 0.15) is 5.69 Å². The van der Waals surface area contributed by atoms with Crippen molar-refractivity contribution in [2.45, 2.75) is 6.42 Å². The molecule has 21 heavy (non-hydrogen) atoms. The average Bonchev–Trinajstić information content (AvgIpc) is 2.97. The third kappa shape index (κ3) is 3.11. The predicted octanol–water partition coefficient (Wildman–Crippen LogP) is 0.584. The van der Waals surface area contributed by atoms with E-state index in [1.807, 2.05) is 35.2 Å². The van der Waals surface area contributed by atoms with Gasteiger partial charge >= 0.3 is 0 Å². The van der Waals surface area contributed by atoms with Gasteiger partial charge in [0.15, 0.2) is 0 Å². The van der Waals surface area contributed by atoms with E-state index < -0.39 is 0 Å². The van der Waals surface area contributed by atoms with E-state index in [-0.39, 0.29) is 5.91 Å². The Morgan fingerprint density at radius 2 is 1.86 bits per heavy atom. The van der Waals surface area contributed by atoms with Crippen LogP contribution in [-0.2, 0) is 11.2 Å². The molecule has 0 spiro atoms. The molecule has 1 aliphatic heterocycles. The summed E-state index contributed by atoms with van der Waals surface area (Å²) in [6.07, 6.45) is 2.01. The number of carbonyl (C=O) groups excluding carboxylic acids is 1. The SMILES string of the molecule is CN1CCN(C(=O)Cc2cnnn2-c2ccccc2)CC1. The molecule has 1 fully saturated rings. The number of aromatic nitrogens is 3. The third-order valence-electron chi connectivity index (χ3n) is 3.81. The number of piperazine rings is 1. The van der Waals surface area contributed by atoms with Gasteiger partial charge in [-0.05, 0) is 19.2 Å². The number of hydrogen-bond acceptors (Lipinski definition) is 4. The number of likely N-dealkylation sites (N-methyl/N-ethyl adjacent to an activating group) is 1. The molecule has 0 atom stereocenters. The first-order valence-corrected chi connectivity index (χ1v) is 7.15. The maximum absolute atomic E-state index is 12.4. The van der Waals surface area contributed by atoms with Crippen molar-refractivity contribution in [3.05, 3.63) is 42.2 Å². The number of amides is 1. The minimum Gasteiger partial charge on any atom is -0.340 e. The number of nitrogens with zero attached hydrogens (tertiary/aromatic N) is 5. The molecule has 0 radical (unpaired) electrons. The summed E-state index contributed by atoms with van der Waals surface area (Å²) in [5.41, 5.74) is 1.75. The number of carbonyl (C=O) groups is 1. The minimum atomic E-state index is 0.141. The van der Waals surface area contributed by atoms with E-state index in [2.05, 4.69) is 22.3 Å². The van der Waals surface area contributed by atoms with Gasteiger partial charge in [-0.25, -0.2) is 4.68 Å². The summed E-state index contributed by atoms with van der Waals surface area (Å²) >= 11 is 0. The van der Waals surface area contributed by atoms with Crippen LogP contribution in [0.15, 0.2) is 36.5 Å². The van der Waals surface area contributed by atoms with Gasteiger partial charge in [-0.3, -0.25) is 4.79 Å². The summed E-state index contributed by atoms with van der Waals surface area (Å²) in [4.78, 5) is 16.5. The van der Waals surface area contributed by atoms with Crippen LogP contribution in [0.25, 0.3) is 5.69 Å². The molecular formula is C15H19N5O. The van der Waals surface area contributed by atoms with E-state index in [1.54, 1.807) is 10.9 Å². The molecule has 1 saturated heterocycles. The third-order valence-corrected chi connectivity index (χ3v) is 3.81. The number of benzene rings is 1. The Bertz CT molecular complexity index is 602. The molecule has 1 aromatic carbocycles. The standard InChI is InChI=1S/C15H19N5O/c1-18-7-9-19(10-8-18)15(21)11-14-12-16-17-20(14)13-5-3-2-4-6-13/h2-6,12H,7-11H2,1H3. The summed E-state index contributed by atoms with van der Waals surface area (Å²) in [5, 5.41) is 8.03. The van der Waals surface area contributed by atoms with Crippen molar-refractivity contribution >= 4 is 5.91 Å². The maximum Gasteiger partial charge on any atom is 0.228 e. The molecule has 1 aliphatic rings. The Hall–Kier alpha value is -2.21. The van der Waals surface area contributed by atoms with Gasteiger partial charge in [0.1, 0.15) is 0 Å². The van der Waals surface area contributed by atoms with Crippen LogP contribution in [0.4, 0.5) is 0 Å². The second-order valence-electron chi connectivity index (χ2n) is 5.33. The fraction of sp³-hybridized carbons (Fsp3) is 0.400. The van der Waals surface area contributed by atoms with Gasteiger partial charge in [0.2, 0.25) is 5.91 Å². The van der Waals surface area contributed by atoms with Gasteiger partial charge in [0.05, 0.1) is 24.0 Å². The Morgan fingerprint density at radius 3 is 2.57 bits per heavy atom. The second kappa shape index (κ2) is 6.05. The molecule has 1 amide bonds. The molecule has 0 unspecified atom stereocenters. The summed E-state index contributed by atoms with van der Waals surface area (Å²) < 4.78 is 1.73. The molecule has 0 saturated carbocycles. The zero-order valence-corrected chi connectivity index (χ0v) is 12.1. The Morgan fingerprint density at radius 1 is 1.14 bits per heavy atom. The highest BCUT2D eigenvalue weighted by Gasteiger charge is 2.20. The van der Waals surface area contributed by atoms with E-state index >= 15 is 0 Å². The topological polar surface area (TPSA) is 54.3 Å². The number of hydrogen-bond donors (Lipinski definition) is 0. The summed E-state index contributed by atoms with van der Waals surface area (Å²) in [7, 11) is 2.08. The monoisotopic (exact) mass is 285 g/mol. The van der Waals surface area contributed by atoms with E-state index in [0.717, 1.165) is 37.6 Å². The first-order chi connectivity index (χ1) is 10.2. The molecule has 0 N–H and O–H groups in total. The van der Waals surface area contributed by atoms with Gasteiger partial charge in [-0.1, -0.05) is 23.4 Å². The lowest BCUT2D eigenvalue weighted by atomic mass is 10.2. The second-order valence-corrected chi connectivity index (χ2v) is 5.33. The van der Waals surface area contributed by atoms with E-state index in [9.17, 15) is 4.79 Å². The number of para-hydroxylation sites is 1. The van der Waals surface area contributed by atoms with Crippen molar-refractivity contribution in [3.8, 4) is 5.69 Å². The van der Waals surface area contributed by atoms with Gasteiger partial charge in [0, 0.05) is 26.2 Å². The Labute approximate surface area is 124 Å². The van der Waals surface area contributed by atoms with Crippen LogP contribution in [0.3, 0.4) is 0 Å². The van der Waals surface area contributed by atoms with Crippen molar-refractivity contribution in [2.75, 3.05) is 33.2 Å². The first-order valence-electron chi connectivity index (χ1n) is 7.15. The molecule has 3 rings (SSSR count). The Kier molecular flexibility index (Phi) is 3.96. The van der Waals surface area contributed by atoms with Gasteiger partial charge < -0.3 is 9.80 Å². The highest BCUT2D eigenvalue weighted by Crippen LogP contribution is 2.11. The predicted molar refractivity (Wildman–Crippen MR) is 79.1 cm³/mol. The molecule has 110 valence electrons. The number of rotatable bonds is 3. The lowest BCUT2D eigenvalue weighted by molar-refractivity contribution is -0.132. The van der Waals surface area contributed by atoms with Crippen molar-refractivity contribution in [1.82, 2.24) is 24.8 Å². The first kappa shape index (κ1) is 13.8. The van der Waals surface area contributed by atoms with Crippen molar-refractivity contribution in [1.29, 1.82) is 0 Å². The highest BCUT2D eigenvalue weighted by atomic mass is 16.2. The lowest BCUT2D eigenvalue weighted by Gasteiger charge is -2.32. The quantitative estimate of drug-likeness (QED) is 0.828. The Balaban J connectivity index is 1.71. The lowest BCUT2D eigenvalue weighted by Crippen LogP contribution is -2.47. The molecule has 6 heteroatoms. The van der Waals surface area contributed by atoms with Crippen molar-refractivity contribution < 1.29 is 4.79 Å². The molecular weight excluding hydrogens is 266 g/mol. The molecule has 6 nitrogen and oxygen atoms in total. The largest absolute Gasteiger partial charge is 0.340 e. The van der Waals surface area contributed by atoms with E-state index in [0.29, 0.717) is 6.42 Å². The molecule has 1 aromatic heterocycles. The summed E-state index contributed by atoms with van der Waals surface area (Å²) in [6, 6.07) is 9.76. The van der Waals surface area contributed by atoms with Crippen molar-refractivity contribution in [3.63, 3.8) is 0 Å². The fourth-order valence-corrected chi connectivity index (χ4v) is 2.49. The smallest absolute Gasteiger partial charge is 0.228 e. The zero-order chi connectivity index (χ0) is 14.7. The van der Waals surface area contributed by atoms with Crippen LogP contribution in [-0.4, -0.2) is 63.9 Å². The van der Waals surface area contributed by atoms with Gasteiger partial charge in [0.25, 0.3) is 0 Å². The van der Waals surface area contributed by atoms with Crippen LogP contribution in [0.5, 0.6) is 0 Å². The highest BCUT2D eigenvalue weighted by molar-refractivity contribution is 5.78. The van der Waals surface area contributed by atoms with Crippen LogP contribution in [0, 0.1) is 0 Å². The van der Waals surface area contributed by atoms with Gasteiger partial charge in [-0.2, -0.15) is 0 Å². The van der Waals surface area contributed by atoms with Crippen molar-refractivity contribution in [2.24, 2.45) is 0 Å². The fourth-order valence-electron chi connectivity index (χ4n) is 2.49.